The first kappa shape index (κ1) is 16.4. The predicted octanol–water partition coefficient (Wildman–Crippen LogP) is 1.98. The zero-order chi connectivity index (χ0) is 16.2. The number of nitrogens with zero attached hydrogens (tertiary/aromatic N) is 2. The highest BCUT2D eigenvalue weighted by atomic mass is 32.2. The Labute approximate surface area is 132 Å². The van der Waals surface area contributed by atoms with Crippen LogP contribution in [0, 0.1) is 0 Å². The first-order valence-electron chi connectivity index (χ1n) is 6.48. The third-order valence-electron chi connectivity index (χ3n) is 2.70. The number of aromatic nitrogens is 2. The number of nitrogens with one attached hydrogen (secondary N) is 1. The Hall–Kier alpha value is -2.00. The van der Waals surface area contributed by atoms with Crippen LogP contribution in [-0.4, -0.2) is 37.4 Å². The lowest BCUT2D eigenvalue weighted by atomic mass is 10.2. The fourth-order valence-electron chi connectivity index (χ4n) is 1.68. The summed E-state index contributed by atoms with van der Waals surface area (Å²) in [4.78, 5) is 12.1. The molecule has 0 unspecified atom stereocenters. The largest absolute Gasteiger partial charge is 0.497 e. The van der Waals surface area contributed by atoms with Gasteiger partial charge in [0.2, 0.25) is 19.3 Å². The smallest absolute Gasteiger partial charge is 0.257 e. The van der Waals surface area contributed by atoms with Crippen molar-refractivity contribution in [2.75, 3.05) is 18.2 Å². The number of rotatable bonds is 6. The fourth-order valence-corrected chi connectivity index (χ4v) is 4.02. The van der Waals surface area contributed by atoms with E-state index in [0.717, 1.165) is 11.3 Å². The lowest BCUT2D eigenvalue weighted by Crippen LogP contribution is -2.11. The van der Waals surface area contributed by atoms with Crippen molar-refractivity contribution in [2.45, 2.75) is 17.7 Å². The second kappa shape index (κ2) is 6.84. The Morgan fingerprint density at radius 3 is 2.82 bits per heavy atom. The van der Waals surface area contributed by atoms with Crippen LogP contribution in [0.4, 0.5) is 5.13 Å². The molecule has 0 aliphatic rings. The number of anilines is 1. The maximum absolute atomic E-state index is 12.1. The summed E-state index contributed by atoms with van der Waals surface area (Å²) in [7, 11) is -1.92. The van der Waals surface area contributed by atoms with Gasteiger partial charge in [-0.25, -0.2) is 8.42 Å². The molecule has 0 saturated heterocycles. The van der Waals surface area contributed by atoms with Gasteiger partial charge in [-0.1, -0.05) is 24.3 Å². The van der Waals surface area contributed by atoms with Crippen molar-refractivity contribution in [1.82, 2.24) is 10.2 Å². The molecule has 0 aliphatic carbocycles. The number of hydrogen-bond donors (Lipinski definition) is 1. The van der Waals surface area contributed by atoms with Crippen molar-refractivity contribution in [1.29, 1.82) is 0 Å². The lowest BCUT2D eigenvalue weighted by molar-refractivity contribution is 0.102. The molecule has 1 N–H and O–H groups in total. The maximum Gasteiger partial charge on any atom is 0.257 e. The molecule has 118 valence electrons. The normalized spacial score (nSPS) is 11.2. The van der Waals surface area contributed by atoms with Crippen molar-refractivity contribution in [3.05, 3.63) is 29.8 Å². The van der Waals surface area contributed by atoms with Gasteiger partial charge >= 0.3 is 0 Å². The molecule has 0 spiro atoms. The minimum Gasteiger partial charge on any atom is -0.497 e. The van der Waals surface area contributed by atoms with Crippen LogP contribution in [0.1, 0.15) is 23.7 Å². The van der Waals surface area contributed by atoms with Crippen LogP contribution in [-0.2, 0) is 9.84 Å². The van der Waals surface area contributed by atoms with Crippen LogP contribution in [0.5, 0.6) is 5.75 Å². The van der Waals surface area contributed by atoms with E-state index in [1.54, 1.807) is 31.2 Å². The van der Waals surface area contributed by atoms with E-state index < -0.39 is 15.7 Å². The van der Waals surface area contributed by atoms with Gasteiger partial charge < -0.3 is 4.74 Å². The molecule has 0 aliphatic heterocycles. The highest BCUT2D eigenvalue weighted by Gasteiger charge is 2.20. The number of carbonyl (C=O) groups is 1. The Kier molecular flexibility index (Phi) is 5.09. The van der Waals surface area contributed by atoms with Crippen molar-refractivity contribution in [3.63, 3.8) is 0 Å². The van der Waals surface area contributed by atoms with E-state index >= 15 is 0 Å². The van der Waals surface area contributed by atoms with E-state index in [1.807, 2.05) is 0 Å². The summed E-state index contributed by atoms with van der Waals surface area (Å²) in [5.74, 6) is 0.150. The zero-order valence-corrected chi connectivity index (χ0v) is 13.7. The molecular formula is C13H15N3O4S2. The van der Waals surface area contributed by atoms with Gasteiger partial charge in [0.05, 0.1) is 12.9 Å². The number of sulfone groups is 1. The molecule has 22 heavy (non-hydrogen) atoms. The summed E-state index contributed by atoms with van der Waals surface area (Å²) < 4.78 is 28.7. The van der Waals surface area contributed by atoms with Gasteiger partial charge in [-0.3, -0.25) is 10.1 Å². The summed E-state index contributed by atoms with van der Waals surface area (Å²) in [6.07, 6.45) is 0.493. The average molecular weight is 341 g/mol. The molecule has 1 aromatic heterocycles. The number of benzene rings is 1. The monoisotopic (exact) mass is 341 g/mol. The number of ether oxygens (including phenoxy) is 1. The summed E-state index contributed by atoms with van der Waals surface area (Å²) in [6, 6.07) is 6.60. The van der Waals surface area contributed by atoms with Gasteiger partial charge in [-0.2, -0.15) is 0 Å². The van der Waals surface area contributed by atoms with E-state index in [-0.39, 0.29) is 15.2 Å². The van der Waals surface area contributed by atoms with Crippen LogP contribution in [0.2, 0.25) is 0 Å². The minimum atomic E-state index is -3.43. The maximum atomic E-state index is 12.1. The minimum absolute atomic E-state index is 0.00542. The zero-order valence-electron chi connectivity index (χ0n) is 12.1. The van der Waals surface area contributed by atoms with E-state index in [9.17, 15) is 13.2 Å². The first-order chi connectivity index (χ1) is 10.5. The summed E-state index contributed by atoms with van der Waals surface area (Å²) in [6.45, 7) is 1.77. The number of carbonyl (C=O) groups excluding carboxylic acids is 1. The molecule has 0 fully saturated rings. The van der Waals surface area contributed by atoms with Gasteiger partial charge in [-0.05, 0) is 24.6 Å². The van der Waals surface area contributed by atoms with Crippen LogP contribution >= 0.6 is 11.3 Å². The first-order valence-corrected chi connectivity index (χ1v) is 8.95. The summed E-state index contributed by atoms with van der Waals surface area (Å²) in [5.41, 5.74) is 0.382. The van der Waals surface area contributed by atoms with Crippen LogP contribution < -0.4 is 10.1 Å². The van der Waals surface area contributed by atoms with E-state index in [0.29, 0.717) is 17.7 Å². The molecule has 1 heterocycles. The Bertz CT molecular complexity index is 771. The molecule has 0 radical (unpaired) electrons. The fraction of sp³-hybridized carbons (Fsp3) is 0.308. The van der Waals surface area contributed by atoms with Crippen molar-refractivity contribution in [2.24, 2.45) is 0 Å². The highest BCUT2D eigenvalue weighted by Crippen LogP contribution is 2.22. The second-order valence-electron chi connectivity index (χ2n) is 4.38. The quantitative estimate of drug-likeness (QED) is 0.807. The van der Waals surface area contributed by atoms with Gasteiger partial charge in [-0.15, -0.1) is 10.2 Å². The molecule has 1 amide bonds. The molecule has 0 atom stereocenters. The van der Waals surface area contributed by atoms with Crippen molar-refractivity contribution in [3.8, 4) is 5.75 Å². The lowest BCUT2D eigenvalue weighted by Gasteiger charge is -2.03. The number of amides is 1. The molecule has 2 rings (SSSR count). The van der Waals surface area contributed by atoms with Gasteiger partial charge in [0.25, 0.3) is 5.91 Å². The Morgan fingerprint density at radius 2 is 2.14 bits per heavy atom. The third-order valence-corrected chi connectivity index (χ3v) is 5.90. The topological polar surface area (TPSA) is 98.3 Å². The standard InChI is InChI=1S/C13H15N3O4S2/c1-3-7-22(18,19)13-16-15-12(21-13)14-11(17)9-5-4-6-10(8-9)20-2/h4-6,8H,3,7H2,1-2H3,(H,14,15,17). The predicted molar refractivity (Wildman–Crippen MR) is 83.2 cm³/mol. The van der Waals surface area contributed by atoms with E-state index in [4.69, 9.17) is 4.74 Å². The molecule has 7 nitrogen and oxygen atoms in total. The summed E-state index contributed by atoms with van der Waals surface area (Å²) in [5, 5.41) is 10.00. The molecule has 0 saturated carbocycles. The highest BCUT2D eigenvalue weighted by molar-refractivity contribution is 7.93. The van der Waals surface area contributed by atoms with Crippen LogP contribution in [0.15, 0.2) is 28.6 Å². The number of methoxy groups -OCH3 is 1. The Morgan fingerprint density at radius 1 is 1.36 bits per heavy atom. The van der Waals surface area contributed by atoms with Gasteiger partial charge in [0.1, 0.15) is 5.75 Å². The molecule has 0 bridgehead atoms. The summed E-state index contributed by atoms with van der Waals surface area (Å²) >= 11 is 0.839. The van der Waals surface area contributed by atoms with Crippen LogP contribution in [0.3, 0.4) is 0 Å². The Balaban J connectivity index is 2.14. The number of hydrogen-bond acceptors (Lipinski definition) is 7. The van der Waals surface area contributed by atoms with Crippen molar-refractivity contribution < 1.29 is 17.9 Å². The van der Waals surface area contributed by atoms with E-state index in [1.165, 1.54) is 7.11 Å². The molecule has 2 aromatic rings. The van der Waals surface area contributed by atoms with Gasteiger partial charge in [0.15, 0.2) is 0 Å². The van der Waals surface area contributed by atoms with Crippen molar-refractivity contribution >= 4 is 32.2 Å². The third kappa shape index (κ3) is 3.80. The SMILES string of the molecule is CCCS(=O)(=O)c1nnc(NC(=O)c2cccc(OC)c2)s1. The van der Waals surface area contributed by atoms with Crippen LogP contribution in [0.25, 0.3) is 0 Å². The van der Waals surface area contributed by atoms with E-state index in [2.05, 4.69) is 15.5 Å². The molecular weight excluding hydrogens is 326 g/mol. The van der Waals surface area contributed by atoms with Gasteiger partial charge in [0, 0.05) is 5.56 Å². The molecule has 9 heteroatoms. The molecule has 1 aromatic carbocycles. The second-order valence-corrected chi connectivity index (χ2v) is 7.64. The average Bonchev–Trinajstić information content (AvgIpc) is 2.96.